The van der Waals surface area contributed by atoms with Gasteiger partial charge in [-0.05, 0) is 30.5 Å². The summed E-state index contributed by atoms with van der Waals surface area (Å²) in [7, 11) is 0. The normalized spacial score (nSPS) is 15.4. The smallest absolute Gasteiger partial charge is 0.0940 e. The lowest BCUT2D eigenvalue weighted by atomic mass is 9.99. The molecular weight excluding hydrogens is 262 g/mol. The Balaban J connectivity index is 2.04. The molecule has 0 aliphatic heterocycles. The topological polar surface area (TPSA) is 52.5 Å². The summed E-state index contributed by atoms with van der Waals surface area (Å²) in [5, 5.41) is 22.7. The molecule has 0 aliphatic rings. The molecule has 0 aromatic heterocycles. The van der Waals surface area contributed by atoms with Crippen molar-refractivity contribution in [3.8, 4) is 11.1 Å². The summed E-state index contributed by atoms with van der Waals surface area (Å²) in [4.78, 5) is 0. The molecule has 0 amide bonds. The molecule has 2 rings (SSSR count). The van der Waals surface area contributed by atoms with E-state index >= 15 is 0 Å². The first-order chi connectivity index (χ1) is 10.1. The predicted octanol–water partition coefficient (Wildman–Crippen LogP) is 2.75. The average molecular weight is 285 g/mol. The van der Waals surface area contributed by atoms with Gasteiger partial charge in [-0.15, -0.1) is 0 Å². The highest BCUT2D eigenvalue weighted by Crippen LogP contribution is 2.23. The molecule has 0 fully saturated rings. The van der Waals surface area contributed by atoms with Gasteiger partial charge < -0.3 is 15.5 Å². The Kier molecular flexibility index (Phi) is 5.51. The number of nitrogens with one attached hydrogen (secondary N) is 1. The first-order valence-corrected chi connectivity index (χ1v) is 7.33. The lowest BCUT2D eigenvalue weighted by Gasteiger charge is -2.21. The molecule has 0 radical (unpaired) electrons. The van der Waals surface area contributed by atoms with Crippen LogP contribution in [0.5, 0.6) is 0 Å². The van der Waals surface area contributed by atoms with Gasteiger partial charge >= 0.3 is 0 Å². The fourth-order valence-corrected chi connectivity index (χ4v) is 2.26. The van der Waals surface area contributed by atoms with Crippen LogP contribution in [-0.2, 0) is 0 Å². The maximum Gasteiger partial charge on any atom is 0.0940 e. The Bertz CT molecular complexity index is 537. The minimum Gasteiger partial charge on any atom is -0.392 e. The van der Waals surface area contributed by atoms with Gasteiger partial charge in [-0.1, -0.05) is 54.6 Å². The Hall–Kier alpha value is -1.68. The molecule has 0 bridgehead atoms. The SMILES string of the molecule is CC(O)CNC(C)C(O)c1ccc(-c2ccccc2)cc1. The average Bonchev–Trinajstić information content (AvgIpc) is 2.53. The number of hydrogen-bond donors (Lipinski definition) is 3. The van der Waals surface area contributed by atoms with Gasteiger partial charge in [0.2, 0.25) is 0 Å². The molecule has 21 heavy (non-hydrogen) atoms. The lowest BCUT2D eigenvalue weighted by Crippen LogP contribution is -2.36. The predicted molar refractivity (Wildman–Crippen MR) is 86.0 cm³/mol. The summed E-state index contributed by atoms with van der Waals surface area (Å²) in [5.74, 6) is 0. The van der Waals surface area contributed by atoms with Gasteiger partial charge in [0.05, 0.1) is 12.2 Å². The van der Waals surface area contributed by atoms with E-state index in [0.717, 1.165) is 11.1 Å². The Morgan fingerprint density at radius 3 is 2.00 bits per heavy atom. The summed E-state index contributed by atoms with van der Waals surface area (Å²) in [6, 6.07) is 18.0. The molecule has 2 aromatic carbocycles. The standard InChI is InChI=1S/C18H23NO2/c1-13(20)12-19-14(2)18(21)17-10-8-16(9-11-17)15-6-4-3-5-7-15/h3-11,13-14,18-21H,12H2,1-2H3. The van der Waals surface area contributed by atoms with Crippen molar-refractivity contribution in [2.75, 3.05) is 6.54 Å². The van der Waals surface area contributed by atoms with E-state index in [1.807, 2.05) is 49.4 Å². The zero-order chi connectivity index (χ0) is 15.2. The van der Waals surface area contributed by atoms with Crippen molar-refractivity contribution in [2.45, 2.75) is 32.1 Å². The van der Waals surface area contributed by atoms with Crippen LogP contribution in [0.15, 0.2) is 54.6 Å². The maximum atomic E-state index is 10.3. The molecule has 0 spiro atoms. The number of aliphatic hydroxyl groups is 2. The first-order valence-electron chi connectivity index (χ1n) is 7.33. The number of rotatable bonds is 6. The van der Waals surface area contributed by atoms with Gasteiger partial charge in [0, 0.05) is 12.6 Å². The molecule has 0 saturated heterocycles. The van der Waals surface area contributed by atoms with Crippen molar-refractivity contribution in [3.63, 3.8) is 0 Å². The summed E-state index contributed by atoms with van der Waals surface area (Å²) < 4.78 is 0. The molecule has 0 heterocycles. The molecule has 0 saturated carbocycles. The van der Waals surface area contributed by atoms with Crippen molar-refractivity contribution < 1.29 is 10.2 Å². The van der Waals surface area contributed by atoms with E-state index in [1.54, 1.807) is 6.92 Å². The van der Waals surface area contributed by atoms with Crippen LogP contribution in [0.4, 0.5) is 0 Å². The number of hydrogen-bond acceptors (Lipinski definition) is 3. The monoisotopic (exact) mass is 285 g/mol. The third kappa shape index (κ3) is 4.39. The van der Waals surface area contributed by atoms with Gasteiger partial charge in [0.25, 0.3) is 0 Å². The van der Waals surface area contributed by atoms with Crippen molar-refractivity contribution in [3.05, 3.63) is 60.2 Å². The van der Waals surface area contributed by atoms with Gasteiger partial charge in [0.1, 0.15) is 0 Å². The van der Waals surface area contributed by atoms with Crippen LogP contribution in [-0.4, -0.2) is 28.9 Å². The van der Waals surface area contributed by atoms with E-state index in [-0.39, 0.29) is 6.04 Å². The quantitative estimate of drug-likeness (QED) is 0.765. The van der Waals surface area contributed by atoms with Crippen molar-refractivity contribution in [1.82, 2.24) is 5.32 Å². The van der Waals surface area contributed by atoms with E-state index < -0.39 is 12.2 Å². The van der Waals surface area contributed by atoms with E-state index in [0.29, 0.717) is 6.54 Å². The van der Waals surface area contributed by atoms with Gasteiger partial charge in [-0.2, -0.15) is 0 Å². The van der Waals surface area contributed by atoms with Crippen LogP contribution in [0, 0.1) is 0 Å². The Morgan fingerprint density at radius 2 is 1.43 bits per heavy atom. The second kappa shape index (κ2) is 7.36. The van der Waals surface area contributed by atoms with Gasteiger partial charge in [-0.25, -0.2) is 0 Å². The van der Waals surface area contributed by atoms with Gasteiger partial charge in [-0.3, -0.25) is 0 Å². The van der Waals surface area contributed by atoms with Crippen molar-refractivity contribution in [1.29, 1.82) is 0 Å². The zero-order valence-corrected chi connectivity index (χ0v) is 12.5. The van der Waals surface area contributed by atoms with E-state index in [1.165, 1.54) is 5.56 Å². The van der Waals surface area contributed by atoms with Crippen LogP contribution in [0.3, 0.4) is 0 Å². The van der Waals surface area contributed by atoms with Crippen LogP contribution in [0.2, 0.25) is 0 Å². The van der Waals surface area contributed by atoms with Gasteiger partial charge in [0.15, 0.2) is 0 Å². The summed E-state index contributed by atoms with van der Waals surface area (Å²) in [5.41, 5.74) is 3.18. The molecule has 3 atom stereocenters. The minimum atomic E-state index is -0.589. The zero-order valence-electron chi connectivity index (χ0n) is 12.5. The van der Waals surface area contributed by atoms with Crippen LogP contribution >= 0.6 is 0 Å². The van der Waals surface area contributed by atoms with Crippen LogP contribution in [0.25, 0.3) is 11.1 Å². The molecule has 3 nitrogen and oxygen atoms in total. The second-order valence-electron chi connectivity index (χ2n) is 5.48. The molecule has 3 heteroatoms. The third-order valence-corrected chi connectivity index (χ3v) is 3.57. The minimum absolute atomic E-state index is 0.109. The molecule has 3 N–H and O–H groups in total. The van der Waals surface area contributed by atoms with Crippen LogP contribution < -0.4 is 5.32 Å². The molecular formula is C18H23NO2. The second-order valence-corrected chi connectivity index (χ2v) is 5.48. The highest BCUT2D eigenvalue weighted by Gasteiger charge is 2.16. The third-order valence-electron chi connectivity index (χ3n) is 3.57. The summed E-state index contributed by atoms with van der Waals surface area (Å²) in [6.45, 7) is 4.11. The summed E-state index contributed by atoms with van der Waals surface area (Å²) in [6.07, 6.45) is -1.01. The fourth-order valence-electron chi connectivity index (χ4n) is 2.26. The number of aliphatic hydroxyl groups excluding tert-OH is 2. The van der Waals surface area contributed by atoms with Crippen LogP contribution in [0.1, 0.15) is 25.5 Å². The van der Waals surface area contributed by atoms with E-state index in [4.69, 9.17) is 0 Å². The Labute approximate surface area is 126 Å². The Morgan fingerprint density at radius 1 is 0.857 bits per heavy atom. The molecule has 2 aromatic rings. The number of benzene rings is 2. The van der Waals surface area contributed by atoms with Crippen molar-refractivity contribution >= 4 is 0 Å². The van der Waals surface area contributed by atoms with Crippen molar-refractivity contribution in [2.24, 2.45) is 0 Å². The fraction of sp³-hybridized carbons (Fsp3) is 0.333. The molecule has 0 aliphatic carbocycles. The molecule has 112 valence electrons. The maximum absolute atomic E-state index is 10.3. The van der Waals surface area contributed by atoms with E-state index in [2.05, 4.69) is 17.4 Å². The first kappa shape index (κ1) is 15.7. The largest absolute Gasteiger partial charge is 0.392 e. The van der Waals surface area contributed by atoms with E-state index in [9.17, 15) is 10.2 Å². The highest BCUT2D eigenvalue weighted by molar-refractivity contribution is 5.63. The molecule has 3 unspecified atom stereocenters. The lowest BCUT2D eigenvalue weighted by molar-refractivity contribution is 0.121. The highest BCUT2D eigenvalue weighted by atomic mass is 16.3. The summed E-state index contributed by atoms with van der Waals surface area (Å²) >= 11 is 0.